The highest BCUT2D eigenvalue weighted by atomic mass is 16.8. The highest BCUT2D eigenvalue weighted by molar-refractivity contribution is 5.21. The van der Waals surface area contributed by atoms with Gasteiger partial charge in [-0.1, -0.05) is 12.1 Å². The van der Waals surface area contributed by atoms with Crippen LogP contribution in [-0.2, 0) is 9.57 Å². The first-order chi connectivity index (χ1) is 3.85. The van der Waals surface area contributed by atoms with Crippen molar-refractivity contribution in [3.05, 3.63) is 0 Å². The number of oxime groups is 1. The molecule has 0 aliphatic carbocycles. The molecule has 48 valence electrons. The molecule has 0 fully saturated rings. The van der Waals surface area contributed by atoms with Crippen molar-refractivity contribution in [1.29, 1.82) is 0 Å². The van der Waals surface area contributed by atoms with Gasteiger partial charge in [-0.2, -0.15) is 0 Å². The lowest BCUT2D eigenvalue weighted by molar-refractivity contribution is -0.123. The van der Waals surface area contributed by atoms with E-state index < -0.39 is 0 Å². The summed E-state index contributed by atoms with van der Waals surface area (Å²) in [6.07, 6.45) is 0.558. The number of hydrogen-bond donors (Lipinski definition) is 0. The van der Waals surface area contributed by atoms with E-state index in [-0.39, 0.29) is 6.29 Å². The molecule has 0 heterocycles. The monoisotopic (exact) mass is 117 g/mol. The molecule has 0 aliphatic rings. The maximum absolute atomic E-state index is 4.78. The molecule has 0 amide bonds. The second-order valence-electron chi connectivity index (χ2n) is 1.31. The Morgan fingerprint density at radius 3 is 2.50 bits per heavy atom. The topological polar surface area (TPSA) is 30.8 Å². The molecule has 0 radical (unpaired) electrons. The van der Waals surface area contributed by atoms with Gasteiger partial charge in [-0.05, 0) is 0 Å². The third-order valence-corrected chi connectivity index (χ3v) is 0.788. The van der Waals surface area contributed by atoms with Crippen molar-refractivity contribution >= 4 is 6.72 Å². The quantitative estimate of drug-likeness (QED) is 0.312. The Hall–Kier alpha value is -0.570. The van der Waals surface area contributed by atoms with Gasteiger partial charge in [0.1, 0.15) is 0 Å². The number of rotatable bonds is 4. The summed E-state index contributed by atoms with van der Waals surface area (Å²) in [4.78, 5) is 4.63. The average Bonchev–Trinajstić information content (AvgIpc) is 1.83. The summed E-state index contributed by atoms with van der Waals surface area (Å²) in [7, 11) is 1.57. The van der Waals surface area contributed by atoms with E-state index in [0.29, 0.717) is 0 Å². The predicted molar refractivity (Wildman–Crippen MR) is 31.7 cm³/mol. The molecular weight excluding hydrogens is 106 g/mol. The van der Waals surface area contributed by atoms with Gasteiger partial charge < -0.3 is 9.57 Å². The summed E-state index contributed by atoms with van der Waals surface area (Å²) in [5.41, 5.74) is 0. The molecule has 1 unspecified atom stereocenters. The van der Waals surface area contributed by atoms with Gasteiger partial charge in [0.25, 0.3) is 0 Å². The first kappa shape index (κ1) is 7.43. The summed E-state index contributed by atoms with van der Waals surface area (Å²) in [6.45, 7) is 5.09. The molecular formula is C5H11NO2. The Bertz CT molecular complexity index is 61.4. The summed E-state index contributed by atoms with van der Waals surface area (Å²) < 4.78 is 4.78. The van der Waals surface area contributed by atoms with E-state index in [2.05, 4.69) is 16.7 Å². The van der Waals surface area contributed by atoms with Gasteiger partial charge >= 0.3 is 0 Å². The molecule has 0 aromatic rings. The molecule has 1 atom stereocenters. The van der Waals surface area contributed by atoms with Crippen LogP contribution in [0.3, 0.4) is 0 Å². The molecule has 0 aliphatic heterocycles. The van der Waals surface area contributed by atoms with Crippen LogP contribution in [0.5, 0.6) is 0 Å². The summed E-state index contributed by atoms with van der Waals surface area (Å²) in [6, 6.07) is 0. The zero-order valence-electron chi connectivity index (χ0n) is 5.26. The fourth-order valence-corrected chi connectivity index (χ4v) is 0.367. The van der Waals surface area contributed by atoms with Crippen molar-refractivity contribution in [1.82, 2.24) is 0 Å². The van der Waals surface area contributed by atoms with Crippen molar-refractivity contribution in [2.45, 2.75) is 19.6 Å². The number of methoxy groups -OCH3 is 1. The lowest BCUT2D eigenvalue weighted by atomic mass is 10.5. The smallest absolute Gasteiger partial charge is 0.226 e. The lowest BCUT2D eigenvalue weighted by Gasteiger charge is -2.08. The molecule has 0 saturated heterocycles. The first-order valence-corrected chi connectivity index (χ1v) is 2.49. The van der Waals surface area contributed by atoms with E-state index in [0.717, 1.165) is 6.42 Å². The Morgan fingerprint density at radius 2 is 2.38 bits per heavy atom. The highest BCUT2D eigenvalue weighted by Gasteiger charge is 2.00. The van der Waals surface area contributed by atoms with E-state index >= 15 is 0 Å². The first-order valence-electron chi connectivity index (χ1n) is 2.49. The van der Waals surface area contributed by atoms with Crippen LogP contribution in [0.1, 0.15) is 13.3 Å². The second kappa shape index (κ2) is 4.59. The van der Waals surface area contributed by atoms with Gasteiger partial charge in [0.15, 0.2) is 0 Å². The maximum Gasteiger partial charge on any atom is 0.226 e. The zero-order valence-corrected chi connectivity index (χ0v) is 5.26. The molecule has 0 spiro atoms. The predicted octanol–water partition coefficient (Wildman–Crippen LogP) is 1.00. The number of ether oxygens (including phenoxy) is 1. The molecule has 8 heavy (non-hydrogen) atoms. The summed E-state index contributed by atoms with van der Waals surface area (Å²) in [5, 5.41) is 3.20. The largest absolute Gasteiger partial charge is 0.364 e. The Kier molecular flexibility index (Phi) is 4.26. The minimum absolute atomic E-state index is 0.229. The van der Waals surface area contributed by atoms with E-state index in [4.69, 9.17) is 4.74 Å². The van der Waals surface area contributed by atoms with E-state index in [9.17, 15) is 0 Å². The van der Waals surface area contributed by atoms with Crippen molar-refractivity contribution < 1.29 is 9.57 Å². The molecule has 0 saturated carbocycles. The number of nitrogens with zero attached hydrogens (tertiary/aromatic N) is 1. The fraction of sp³-hybridized carbons (Fsp3) is 0.800. The highest BCUT2D eigenvalue weighted by Crippen LogP contribution is 1.96. The molecule has 3 nitrogen and oxygen atoms in total. The van der Waals surface area contributed by atoms with E-state index in [1.807, 2.05) is 6.92 Å². The zero-order chi connectivity index (χ0) is 6.41. The van der Waals surface area contributed by atoms with E-state index in [1.165, 1.54) is 0 Å². The van der Waals surface area contributed by atoms with Crippen LogP contribution in [0.4, 0.5) is 0 Å². The van der Waals surface area contributed by atoms with Crippen LogP contribution < -0.4 is 0 Å². The van der Waals surface area contributed by atoms with Crippen molar-refractivity contribution in [3.63, 3.8) is 0 Å². The van der Waals surface area contributed by atoms with Crippen LogP contribution in [0.15, 0.2) is 5.16 Å². The maximum atomic E-state index is 4.78. The second-order valence-corrected chi connectivity index (χ2v) is 1.31. The average molecular weight is 117 g/mol. The fourth-order valence-electron chi connectivity index (χ4n) is 0.367. The number of hydrogen-bond acceptors (Lipinski definition) is 3. The molecule has 0 aromatic heterocycles. The van der Waals surface area contributed by atoms with Crippen LogP contribution in [0.25, 0.3) is 0 Å². The van der Waals surface area contributed by atoms with Gasteiger partial charge in [0.2, 0.25) is 6.29 Å². The van der Waals surface area contributed by atoms with Crippen LogP contribution in [-0.4, -0.2) is 20.1 Å². The molecule has 0 rings (SSSR count). The van der Waals surface area contributed by atoms with Crippen LogP contribution in [0.2, 0.25) is 0 Å². The standard InChI is InChI=1S/C5H11NO2/c1-4-5(7-3)8-6-2/h5H,2,4H2,1,3H3. The summed E-state index contributed by atoms with van der Waals surface area (Å²) >= 11 is 0. The molecule has 0 bridgehead atoms. The molecule has 0 N–H and O–H groups in total. The van der Waals surface area contributed by atoms with Crippen molar-refractivity contribution in [2.75, 3.05) is 7.11 Å². The SMILES string of the molecule is C=NOC(CC)OC. The van der Waals surface area contributed by atoms with Gasteiger partial charge in [-0.3, -0.25) is 0 Å². The third kappa shape index (κ3) is 2.58. The Balaban J connectivity index is 3.20. The Morgan fingerprint density at radius 1 is 1.75 bits per heavy atom. The van der Waals surface area contributed by atoms with E-state index in [1.54, 1.807) is 7.11 Å². The third-order valence-electron chi connectivity index (χ3n) is 0.788. The van der Waals surface area contributed by atoms with Gasteiger partial charge in [0.05, 0.1) is 0 Å². The minimum Gasteiger partial charge on any atom is -0.364 e. The van der Waals surface area contributed by atoms with Gasteiger partial charge in [0, 0.05) is 20.2 Å². The molecule has 0 aromatic carbocycles. The minimum atomic E-state index is -0.229. The molecule has 3 heteroatoms. The van der Waals surface area contributed by atoms with Crippen LogP contribution >= 0.6 is 0 Å². The van der Waals surface area contributed by atoms with Gasteiger partial charge in [-0.25, -0.2) is 0 Å². The lowest BCUT2D eigenvalue weighted by Crippen LogP contribution is -2.09. The van der Waals surface area contributed by atoms with Gasteiger partial charge in [-0.15, -0.1) is 0 Å². The van der Waals surface area contributed by atoms with Crippen LogP contribution in [0, 0.1) is 0 Å². The normalized spacial score (nSPS) is 12.8. The summed E-state index contributed by atoms with van der Waals surface area (Å²) in [5.74, 6) is 0. The Labute approximate surface area is 49.3 Å². The van der Waals surface area contributed by atoms with Crippen molar-refractivity contribution in [3.8, 4) is 0 Å². The van der Waals surface area contributed by atoms with Crippen molar-refractivity contribution in [2.24, 2.45) is 5.16 Å².